The first-order valence-electron chi connectivity index (χ1n) is 6.08. The second kappa shape index (κ2) is 6.08. The Morgan fingerprint density at radius 3 is 2.82 bits per heavy atom. The van der Waals surface area contributed by atoms with E-state index in [1.165, 1.54) is 0 Å². The fourth-order valence-corrected chi connectivity index (χ4v) is 2.46. The van der Waals surface area contributed by atoms with Crippen molar-refractivity contribution in [1.82, 2.24) is 0 Å². The molecule has 1 aliphatic rings. The van der Waals surface area contributed by atoms with Gasteiger partial charge in [0.05, 0.1) is 23.4 Å². The van der Waals surface area contributed by atoms with Crippen LogP contribution in [-0.4, -0.2) is 17.8 Å². The molecule has 0 spiro atoms. The molecule has 2 N–H and O–H groups in total. The number of hydrogen-bond donors (Lipinski definition) is 2. The Balaban J connectivity index is 2.04. The molecule has 0 aliphatic heterocycles. The lowest BCUT2D eigenvalue weighted by molar-refractivity contribution is 0.230. The van der Waals surface area contributed by atoms with Gasteiger partial charge < -0.3 is 10.4 Å². The van der Waals surface area contributed by atoms with Gasteiger partial charge in [0.15, 0.2) is 0 Å². The van der Waals surface area contributed by atoms with Crippen molar-refractivity contribution in [2.45, 2.75) is 25.3 Å². The molecule has 0 heterocycles. The number of aliphatic hydroxyl groups excluding tert-OH is 1. The first-order chi connectivity index (χ1) is 8.31. The van der Waals surface area contributed by atoms with E-state index in [0.29, 0.717) is 10.9 Å². The minimum Gasteiger partial charge on any atom is -0.394 e. The van der Waals surface area contributed by atoms with Crippen LogP contribution in [0, 0.1) is 5.92 Å². The number of nitrogens with one attached hydrogen (secondary N) is 1. The van der Waals surface area contributed by atoms with Crippen LogP contribution < -0.4 is 5.32 Å². The molecule has 0 saturated heterocycles. The number of benzene rings is 1. The first-order valence-corrected chi connectivity index (χ1v) is 6.46. The minimum atomic E-state index is 0.0832. The third-order valence-corrected chi connectivity index (χ3v) is 3.62. The summed E-state index contributed by atoms with van der Waals surface area (Å²) in [5, 5.41) is 13.6. The normalized spacial score (nSPS) is 21.2. The van der Waals surface area contributed by atoms with Gasteiger partial charge in [-0.05, 0) is 37.3 Å². The van der Waals surface area contributed by atoms with Gasteiger partial charge in [0, 0.05) is 0 Å². The van der Waals surface area contributed by atoms with Gasteiger partial charge in [-0.1, -0.05) is 35.9 Å². The van der Waals surface area contributed by atoms with E-state index in [0.717, 1.165) is 24.9 Å². The van der Waals surface area contributed by atoms with Crippen LogP contribution in [0.1, 0.15) is 19.3 Å². The molecule has 1 aromatic rings. The molecule has 0 aromatic heterocycles. The first kappa shape index (κ1) is 12.5. The number of hydrogen-bond acceptors (Lipinski definition) is 2. The number of para-hydroxylation sites is 1. The average Bonchev–Trinajstić information content (AvgIpc) is 2.39. The summed E-state index contributed by atoms with van der Waals surface area (Å²) in [6.07, 6.45) is 7.67. The maximum absolute atomic E-state index is 9.50. The van der Waals surface area contributed by atoms with E-state index < -0.39 is 0 Å². The van der Waals surface area contributed by atoms with Crippen molar-refractivity contribution in [2.75, 3.05) is 11.9 Å². The van der Waals surface area contributed by atoms with Crippen LogP contribution in [0.25, 0.3) is 0 Å². The fraction of sp³-hybridized carbons (Fsp3) is 0.429. The summed E-state index contributed by atoms with van der Waals surface area (Å²) in [4.78, 5) is 0. The van der Waals surface area contributed by atoms with Crippen LogP contribution in [0.5, 0.6) is 0 Å². The van der Waals surface area contributed by atoms with Gasteiger partial charge in [0.1, 0.15) is 0 Å². The standard InChI is InChI=1S/C14H18ClNO/c15-12-8-4-5-9-13(12)16-14(10-17)11-6-2-1-3-7-11/h1-2,4-5,8-9,11,14,16-17H,3,6-7,10H2. The third kappa shape index (κ3) is 3.24. The van der Waals surface area contributed by atoms with E-state index in [1.807, 2.05) is 24.3 Å². The van der Waals surface area contributed by atoms with Crippen LogP contribution in [0.15, 0.2) is 36.4 Å². The lowest BCUT2D eigenvalue weighted by atomic mass is 9.88. The summed E-state index contributed by atoms with van der Waals surface area (Å²) in [7, 11) is 0. The Hall–Kier alpha value is -0.990. The topological polar surface area (TPSA) is 32.3 Å². The Morgan fingerprint density at radius 2 is 2.18 bits per heavy atom. The van der Waals surface area contributed by atoms with Crippen molar-refractivity contribution < 1.29 is 5.11 Å². The number of allylic oxidation sites excluding steroid dienone is 2. The molecule has 1 aromatic carbocycles. The molecular formula is C14H18ClNO. The van der Waals surface area contributed by atoms with E-state index >= 15 is 0 Å². The van der Waals surface area contributed by atoms with Gasteiger partial charge in [0.25, 0.3) is 0 Å². The molecule has 0 radical (unpaired) electrons. The van der Waals surface area contributed by atoms with Crippen LogP contribution in [-0.2, 0) is 0 Å². The fourth-order valence-electron chi connectivity index (χ4n) is 2.27. The summed E-state index contributed by atoms with van der Waals surface area (Å²) in [6, 6.07) is 7.75. The SMILES string of the molecule is OCC(Nc1ccccc1Cl)C1CC=CCC1. The molecule has 17 heavy (non-hydrogen) atoms. The minimum absolute atomic E-state index is 0.0832. The lowest BCUT2D eigenvalue weighted by Gasteiger charge is -2.28. The molecular weight excluding hydrogens is 234 g/mol. The highest BCUT2D eigenvalue weighted by Crippen LogP contribution is 2.27. The second-order valence-electron chi connectivity index (χ2n) is 4.46. The van der Waals surface area contributed by atoms with E-state index in [9.17, 15) is 5.11 Å². The molecule has 1 aliphatic carbocycles. The van der Waals surface area contributed by atoms with E-state index in [1.54, 1.807) is 0 Å². The maximum Gasteiger partial charge on any atom is 0.0637 e. The number of anilines is 1. The molecule has 2 nitrogen and oxygen atoms in total. The van der Waals surface area contributed by atoms with Crippen LogP contribution >= 0.6 is 11.6 Å². The molecule has 0 saturated carbocycles. The predicted octanol–water partition coefficient (Wildman–Crippen LogP) is 3.47. The summed E-state index contributed by atoms with van der Waals surface area (Å²) in [5.41, 5.74) is 0.905. The molecule has 0 bridgehead atoms. The third-order valence-electron chi connectivity index (χ3n) is 3.29. The Labute approximate surface area is 107 Å². The highest BCUT2D eigenvalue weighted by molar-refractivity contribution is 6.33. The molecule has 0 fully saturated rings. The zero-order chi connectivity index (χ0) is 12.1. The second-order valence-corrected chi connectivity index (χ2v) is 4.86. The van der Waals surface area contributed by atoms with Crippen molar-refractivity contribution >= 4 is 17.3 Å². The molecule has 0 amide bonds. The van der Waals surface area contributed by atoms with Crippen molar-refractivity contribution in [2.24, 2.45) is 5.92 Å². The molecule has 2 unspecified atom stereocenters. The van der Waals surface area contributed by atoms with Gasteiger partial charge in [-0.25, -0.2) is 0 Å². The van der Waals surface area contributed by atoms with E-state index in [-0.39, 0.29) is 12.6 Å². The van der Waals surface area contributed by atoms with E-state index in [4.69, 9.17) is 11.6 Å². The zero-order valence-electron chi connectivity index (χ0n) is 9.77. The van der Waals surface area contributed by atoms with Gasteiger partial charge in [-0.15, -0.1) is 0 Å². The smallest absolute Gasteiger partial charge is 0.0637 e. The van der Waals surface area contributed by atoms with Crippen molar-refractivity contribution in [1.29, 1.82) is 0 Å². The molecule has 2 atom stereocenters. The highest BCUT2D eigenvalue weighted by Gasteiger charge is 2.21. The molecule has 3 heteroatoms. The average molecular weight is 252 g/mol. The van der Waals surface area contributed by atoms with Gasteiger partial charge >= 0.3 is 0 Å². The Kier molecular flexibility index (Phi) is 4.46. The Morgan fingerprint density at radius 1 is 1.35 bits per heavy atom. The summed E-state index contributed by atoms with van der Waals surface area (Å²) in [5.74, 6) is 0.487. The maximum atomic E-state index is 9.50. The summed E-state index contributed by atoms with van der Waals surface area (Å²) >= 11 is 6.11. The number of aliphatic hydroxyl groups is 1. The number of rotatable bonds is 4. The van der Waals surface area contributed by atoms with Crippen molar-refractivity contribution in [3.8, 4) is 0 Å². The van der Waals surface area contributed by atoms with Gasteiger partial charge in [-0.3, -0.25) is 0 Å². The molecule has 2 rings (SSSR count). The lowest BCUT2D eigenvalue weighted by Crippen LogP contribution is -2.33. The molecule has 92 valence electrons. The van der Waals surface area contributed by atoms with Crippen LogP contribution in [0.4, 0.5) is 5.69 Å². The van der Waals surface area contributed by atoms with Crippen molar-refractivity contribution in [3.63, 3.8) is 0 Å². The van der Waals surface area contributed by atoms with Crippen molar-refractivity contribution in [3.05, 3.63) is 41.4 Å². The zero-order valence-corrected chi connectivity index (χ0v) is 10.5. The highest BCUT2D eigenvalue weighted by atomic mass is 35.5. The summed E-state index contributed by atoms with van der Waals surface area (Å²) < 4.78 is 0. The predicted molar refractivity (Wildman–Crippen MR) is 72.4 cm³/mol. The quantitative estimate of drug-likeness (QED) is 0.804. The Bertz CT molecular complexity index is 392. The monoisotopic (exact) mass is 251 g/mol. The van der Waals surface area contributed by atoms with Crippen LogP contribution in [0.2, 0.25) is 5.02 Å². The van der Waals surface area contributed by atoms with Crippen LogP contribution in [0.3, 0.4) is 0 Å². The van der Waals surface area contributed by atoms with E-state index in [2.05, 4.69) is 17.5 Å². The summed E-state index contributed by atoms with van der Waals surface area (Å²) in [6.45, 7) is 0.143. The largest absolute Gasteiger partial charge is 0.394 e. The van der Waals surface area contributed by atoms with Gasteiger partial charge in [-0.2, -0.15) is 0 Å². The number of halogens is 1. The van der Waals surface area contributed by atoms with Gasteiger partial charge in [0.2, 0.25) is 0 Å².